The molecule has 0 saturated carbocycles. The lowest BCUT2D eigenvalue weighted by atomic mass is 10.0. The molecule has 2 nitrogen and oxygen atoms in total. The number of carbonyl (C=O) groups is 1. The molecular weight excluding hydrogens is 176 g/mol. The summed E-state index contributed by atoms with van der Waals surface area (Å²) in [6, 6.07) is 0. The molecule has 1 saturated heterocycles. The van der Waals surface area contributed by atoms with Gasteiger partial charge in [0.15, 0.2) is 5.78 Å². The second-order valence-electron chi connectivity index (χ2n) is 3.47. The van der Waals surface area contributed by atoms with Gasteiger partial charge >= 0.3 is 0 Å². The summed E-state index contributed by atoms with van der Waals surface area (Å²) >= 11 is 0. The lowest BCUT2D eigenvalue weighted by Gasteiger charge is -2.00. The fourth-order valence-electron chi connectivity index (χ4n) is 1.63. The van der Waals surface area contributed by atoms with Gasteiger partial charge in [-0.15, -0.1) is 0 Å². The van der Waals surface area contributed by atoms with Crippen molar-refractivity contribution in [1.82, 2.24) is 0 Å². The predicted octanol–water partition coefficient (Wildman–Crippen LogP) is 2.51. The Morgan fingerprint density at radius 2 is 2.36 bits per heavy atom. The molecule has 0 aromatic heterocycles. The van der Waals surface area contributed by atoms with E-state index < -0.39 is 0 Å². The summed E-state index contributed by atoms with van der Waals surface area (Å²) in [5.41, 5.74) is 0. The number of hydrogen-bond donors (Lipinski definition) is 0. The average molecular weight is 188 g/mol. The molecule has 72 valence electrons. The molecule has 0 amide bonds. The molecule has 1 atom stereocenters. The summed E-state index contributed by atoms with van der Waals surface area (Å²) in [4.78, 5) is 10.9. The topological polar surface area (TPSA) is 26.3 Å². The molecule has 2 aliphatic rings. The minimum absolute atomic E-state index is 0.0385. The van der Waals surface area contributed by atoms with E-state index in [4.69, 9.17) is 4.74 Å². The van der Waals surface area contributed by atoms with Crippen molar-refractivity contribution in [3.05, 3.63) is 48.0 Å². The van der Waals surface area contributed by atoms with Gasteiger partial charge in [-0.25, -0.2) is 0 Å². The van der Waals surface area contributed by atoms with Crippen molar-refractivity contribution in [3.63, 3.8) is 0 Å². The van der Waals surface area contributed by atoms with E-state index >= 15 is 0 Å². The maximum Gasteiger partial charge on any atom is 0.155 e. The summed E-state index contributed by atoms with van der Waals surface area (Å²) in [5.74, 6) is 2.04. The second kappa shape index (κ2) is 3.66. The maximum atomic E-state index is 10.9. The molecule has 2 heteroatoms. The largest absolute Gasteiger partial charge is 0.465 e. The Bertz CT molecular complexity index is 370. The van der Waals surface area contributed by atoms with Crippen LogP contribution in [0.5, 0.6) is 0 Å². The quantitative estimate of drug-likeness (QED) is 0.591. The predicted molar refractivity (Wildman–Crippen MR) is 54.3 cm³/mol. The van der Waals surface area contributed by atoms with Crippen LogP contribution in [0.1, 0.15) is 13.3 Å². The minimum atomic E-state index is 0.0385. The zero-order valence-corrected chi connectivity index (χ0v) is 8.07. The standard InChI is InChI=1S/C12H12O2/c1-9(13)7-11-8-10-5-3-2-4-6-12(10)14-11/h2-7,10H,8H2,1H3/b11-7-. The van der Waals surface area contributed by atoms with Crippen LogP contribution in [0, 0.1) is 5.92 Å². The SMILES string of the molecule is CC(=O)/C=C1/CC2C=CC=CC=C2O1. The van der Waals surface area contributed by atoms with E-state index in [1.165, 1.54) is 6.92 Å². The first-order valence-corrected chi connectivity index (χ1v) is 4.70. The number of rotatable bonds is 1. The third kappa shape index (κ3) is 1.84. The molecule has 0 aromatic rings. The van der Waals surface area contributed by atoms with Crippen LogP contribution in [0.3, 0.4) is 0 Å². The highest BCUT2D eigenvalue weighted by Crippen LogP contribution is 2.34. The van der Waals surface area contributed by atoms with E-state index in [2.05, 4.69) is 6.08 Å². The Labute approximate surface area is 83.3 Å². The first kappa shape index (κ1) is 9.00. The highest BCUT2D eigenvalue weighted by Gasteiger charge is 2.24. The lowest BCUT2D eigenvalue weighted by molar-refractivity contribution is -0.112. The fraction of sp³-hybridized carbons (Fsp3) is 0.250. The highest BCUT2D eigenvalue weighted by molar-refractivity contribution is 5.87. The Morgan fingerprint density at radius 1 is 1.50 bits per heavy atom. The molecule has 2 rings (SSSR count). The van der Waals surface area contributed by atoms with Gasteiger partial charge in [-0.2, -0.15) is 0 Å². The molecule has 0 spiro atoms. The minimum Gasteiger partial charge on any atom is -0.465 e. The summed E-state index contributed by atoms with van der Waals surface area (Å²) in [7, 11) is 0. The van der Waals surface area contributed by atoms with Gasteiger partial charge in [0.25, 0.3) is 0 Å². The third-order valence-electron chi connectivity index (χ3n) is 2.23. The third-order valence-corrected chi connectivity index (χ3v) is 2.23. The first-order chi connectivity index (χ1) is 6.75. The van der Waals surface area contributed by atoms with Crippen molar-refractivity contribution < 1.29 is 9.53 Å². The van der Waals surface area contributed by atoms with Gasteiger partial charge in [-0.05, 0) is 13.0 Å². The van der Waals surface area contributed by atoms with Crippen molar-refractivity contribution in [3.8, 4) is 0 Å². The van der Waals surface area contributed by atoms with E-state index in [1.54, 1.807) is 6.08 Å². The van der Waals surface area contributed by atoms with E-state index in [1.807, 2.05) is 24.3 Å². The number of fused-ring (bicyclic) bond motifs is 1. The van der Waals surface area contributed by atoms with E-state index in [-0.39, 0.29) is 5.78 Å². The molecule has 0 N–H and O–H groups in total. The number of ketones is 1. The molecule has 1 heterocycles. The number of allylic oxidation sites excluding steroid dienone is 7. The zero-order chi connectivity index (χ0) is 9.97. The lowest BCUT2D eigenvalue weighted by Crippen LogP contribution is -1.90. The van der Waals surface area contributed by atoms with Gasteiger partial charge in [-0.3, -0.25) is 4.79 Å². The van der Waals surface area contributed by atoms with Crippen molar-refractivity contribution in [2.75, 3.05) is 0 Å². The fourth-order valence-corrected chi connectivity index (χ4v) is 1.63. The van der Waals surface area contributed by atoms with Gasteiger partial charge in [-0.1, -0.05) is 24.3 Å². The maximum absolute atomic E-state index is 10.9. The zero-order valence-electron chi connectivity index (χ0n) is 8.07. The van der Waals surface area contributed by atoms with Gasteiger partial charge in [0.05, 0.1) is 0 Å². The summed E-state index contributed by atoms with van der Waals surface area (Å²) in [5, 5.41) is 0. The van der Waals surface area contributed by atoms with Crippen molar-refractivity contribution in [2.24, 2.45) is 5.92 Å². The highest BCUT2D eigenvalue weighted by atomic mass is 16.5. The Kier molecular flexibility index (Phi) is 2.35. The molecule has 0 aromatic carbocycles. The monoisotopic (exact) mass is 188 g/mol. The molecule has 1 unspecified atom stereocenters. The second-order valence-corrected chi connectivity index (χ2v) is 3.47. The van der Waals surface area contributed by atoms with Crippen LogP contribution in [-0.4, -0.2) is 5.78 Å². The number of hydrogen-bond acceptors (Lipinski definition) is 2. The molecule has 1 fully saturated rings. The summed E-state index contributed by atoms with van der Waals surface area (Å²) in [6.07, 6.45) is 12.3. The van der Waals surface area contributed by atoms with Crippen LogP contribution in [0.15, 0.2) is 48.0 Å². The van der Waals surface area contributed by atoms with Crippen molar-refractivity contribution >= 4 is 5.78 Å². The normalized spacial score (nSPS) is 26.8. The molecule has 0 radical (unpaired) electrons. The smallest absolute Gasteiger partial charge is 0.155 e. The number of carbonyl (C=O) groups excluding carboxylic acids is 1. The van der Waals surface area contributed by atoms with Crippen LogP contribution in [0.25, 0.3) is 0 Å². The summed E-state index contributed by atoms with van der Waals surface area (Å²) in [6.45, 7) is 1.54. The Hall–Kier alpha value is -1.57. The van der Waals surface area contributed by atoms with Crippen LogP contribution in [-0.2, 0) is 9.53 Å². The van der Waals surface area contributed by atoms with Crippen molar-refractivity contribution in [1.29, 1.82) is 0 Å². The van der Waals surface area contributed by atoms with Gasteiger partial charge < -0.3 is 4.74 Å². The van der Waals surface area contributed by atoms with E-state index in [9.17, 15) is 4.79 Å². The van der Waals surface area contributed by atoms with E-state index in [0.717, 1.165) is 17.9 Å². The number of ether oxygens (including phenoxy) is 1. The molecule has 0 bridgehead atoms. The molecule has 14 heavy (non-hydrogen) atoms. The Balaban J connectivity index is 2.21. The van der Waals surface area contributed by atoms with Gasteiger partial charge in [0.1, 0.15) is 11.5 Å². The van der Waals surface area contributed by atoms with Gasteiger partial charge in [0.2, 0.25) is 0 Å². The van der Waals surface area contributed by atoms with Crippen LogP contribution >= 0.6 is 0 Å². The average Bonchev–Trinajstić information content (AvgIpc) is 2.34. The molecular formula is C12H12O2. The summed E-state index contributed by atoms with van der Waals surface area (Å²) < 4.78 is 5.56. The van der Waals surface area contributed by atoms with Crippen LogP contribution < -0.4 is 0 Å². The van der Waals surface area contributed by atoms with Crippen molar-refractivity contribution in [2.45, 2.75) is 13.3 Å². The molecule has 1 aliphatic carbocycles. The van der Waals surface area contributed by atoms with Crippen LogP contribution in [0.4, 0.5) is 0 Å². The van der Waals surface area contributed by atoms with E-state index in [0.29, 0.717) is 5.92 Å². The Morgan fingerprint density at radius 3 is 3.14 bits per heavy atom. The molecule has 1 aliphatic heterocycles. The van der Waals surface area contributed by atoms with Crippen LogP contribution in [0.2, 0.25) is 0 Å². The van der Waals surface area contributed by atoms with Gasteiger partial charge in [0, 0.05) is 18.4 Å². The first-order valence-electron chi connectivity index (χ1n) is 4.70.